The van der Waals surface area contributed by atoms with Gasteiger partial charge in [-0.1, -0.05) is 55.1 Å². The smallest absolute Gasteiger partial charge is 0.333 e. The highest BCUT2D eigenvalue weighted by molar-refractivity contribution is 5.86. The molecule has 0 unspecified atom stereocenters. The Kier molecular flexibility index (Phi) is 5.65. The summed E-state index contributed by atoms with van der Waals surface area (Å²) < 4.78 is 4.56. The summed E-state index contributed by atoms with van der Waals surface area (Å²) in [7, 11) is 0. The van der Waals surface area contributed by atoms with Gasteiger partial charge < -0.3 is 4.74 Å². The molecule has 0 N–H and O–H groups in total. The van der Waals surface area contributed by atoms with Gasteiger partial charge >= 0.3 is 5.97 Å². The molecule has 2 aromatic carbocycles. The monoisotopic (exact) mass is 242 g/mol. The van der Waals surface area contributed by atoms with Crippen molar-refractivity contribution >= 4 is 16.7 Å². The summed E-state index contributed by atoms with van der Waals surface area (Å²) in [5.41, 5.74) is 0.451. The van der Waals surface area contributed by atoms with Crippen molar-refractivity contribution in [1.29, 1.82) is 0 Å². The van der Waals surface area contributed by atoms with E-state index in [1.54, 1.807) is 13.8 Å². The lowest BCUT2D eigenvalue weighted by Gasteiger charge is -1.96. The second-order valence-electron chi connectivity index (χ2n) is 3.85. The minimum atomic E-state index is -0.312. The maximum Gasteiger partial charge on any atom is 0.333 e. The number of carbonyl (C=O) groups is 1. The summed E-state index contributed by atoms with van der Waals surface area (Å²) in [6.45, 7) is 7.21. The van der Waals surface area contributed by atoms with E-state index in [0.717, 1.165) is 0 Å². The van der Waals surface area contributed by atoms with Crippen LogP contribution in [0.1, 0.15) is 13.8 Å². The highest BCUT2D eigenvalue weighted by Crippen LogP contribution is 2.11. The molecule has 18 heavy (non-hydrogen) atoms. The number of hydrogen-bond acceptors (Lipinski definition) is 2. The first-order valence-corrected chi connectivity index (χ1v) is 5.91. The van der Waals surface area contributed by atoms with Gasteiger partial charge in [-0.05, 0) is 24.6 Å². The molecular formula is C16H18O2. The van der Waals surface area contributed by atoms with Crippen molar-refractivity contribution in [2.75, 3.05) is 6.61 Å². The SMILES string of the molecule is C=C(C)C(=O)OCC.c1ccc2ccccc2c1. The van der Waals surface area contributed by atoms with E-state index in [9.17, 15) is 4.79 Å². The fourth-order valence-corrected chi connectivity index (χ4v) is 1.39. The van der Waals surface area contributed by atoms with Crippen LogP contribution in [0.25, 0.3) is 10.8 Å². The Labute approximate surface area is 108 Å². The number of hydrogen-bond donors (Lipinski definition) is 0. The molecule has 2 heteroatoms. The maximum atomic E-state index is 10.4. The zero-order valence-electron chi connectivity index (χ0n) is 10.8. The average Bonchev–Trinajstić information content (AvgIpc) is 2.40. The summed E-state index contributed by atoms with van der Waals surface area (Å²) in [5.74, 6) is -0.312. The topological polar surface area (TPSA) is 26.3 Å². The Balaban J connectivity index is 0.000000187. The lowest BCUT2D eigenvalue weighted by molar-refractivity contribution is -0.138. The van der Waals surface area contributed by atoms with Gasteiger partial charge in [0.25, 0.3) is 0 Å². The molecule has 0 aliphatic heterocycles. The van der Waals surface area contributed by atoms with Gasteiger partial charge in [0.2, 0.25) is 0 Å². The molecule has 0 aliphatic carbocycles. The van der Waals surface area contributed by atoms with Gasteiger partial charge in [0.05, 0.1) is 6.61 Å². The quantitative estimate of drug-likeness (QED) is 0.588. The van der Waals surface area contributed by atoms with Gasteiger partial charge in [-0.2, -0.15) is 0 Å². The van der Waals surface area contributed by atoms with Gasteiger partial charge in [0, 0.05) is 5.57 Å². The third kappa shape index (κ3) is 4.42. The molecule has 2 aromatic rings. The molecule has 0 aromatic heterocycles. The first-order chi connectivity index (χ1) is 8.65. The maximum absolute atomic E-state index is 10.4. The number of fused-ring (bicyclic) bond motifs is 1. The Morgan fingerprint density at radius 3 is 1.67 bits per heavy atom. The van der Waals surface area contributed by atoms with Crippen molar-refractivity contribution in [2.24, 2.45) is 0 Å². The standard InChI is InChI=1S/C10H8.C6H10O2/c1-2-6-10-8-4-3-7-9(10)5-1;1-4-8-6(7)5(2)3/h1-8H;2,4H2,1,3H3. The fraction of sp³-hybridized carbons (Fsp3) is 0.188. The Morgan fingerprint density at radius 1 is 1.06 bits per heavy atom. The average molecular weight is 242 g/mol. The first-order valence-electron chi connectivity index (χ1n) is 5.91. The van der Waals surface area contributed by atoms with Crippen molar-refractivity contribution in [1.82, 2.24) is 0 Å². The molecule has 0 bridgehead atoms. The van der Waals surface area contributed by atoms with Crippen LogP contribution in [0.15, 0.2) is 60.7 Å². The van der Waals surface area contributed by atoms with Crippen LogP contribution in [0.4, 0.5) is 0 Å². The van der Waals surface area contributed by atoms with Gasteiger partial charge in [0.1, 0.15) is 0 Å². The minimum Gasteiger partial charge on any atom is -0.463 e. The van der Waals surface area contributed by atoms with E-state index in [0.29, 0.717) is 12.2 Å². The highest BCUT2D eigenvalue weighted by Gasteiger charge is 1.98. The number of carbonyl (C=O) groups excluding carboxylic acids is 1. The third-order valence-electron chi connectivity index (χ3n) is 2.28. The third-order valence-corrected chi connectivity index (χ3v) is 2.28. The van der Waals surface area contributed by atoms with Gasteiger partial charge in [-0.3, -0.25) is 0 Å². The lowest BCUT2D eigenvalue weighted by Crippen LogP contribution is -2.03. The largest absolute Gasteiger partial charge is 0.463 e. The zero-order chi connectivity index (χ0) is 13.4. The van der Waals surface area contributed by atoms with E-state index in [-0.39, 0.29) is 5.97 Å². The van der Waals surface area contributed by atoms with Crippen LogP contribution >= 0.6 is 0 Å². The van der Waals surface area contributed by atoms with Crippen LogP contribution in [-0.2, 0) is 9.53 Å². The molecular weight excluding hydrogens is 224 g/mol. The van der Waals surface area contributed by atoms with Crippen molar-refractivity contribution in [3.63, 3.8) is 0 Å². The molecule has 0 heterocycles. The summed E-state index contributed by atoms with van der Waals surface area (Å²) in [6.07, 6.45) is 0. The van der Waals surface area contributed by atoms with Crippen molar-refractivity contribution in [2.45, 2.75) is 13.8 Å². The van der Waals surface area contributed by atoms with Crippen molar-refractivity contribution in [3.05, 3.63) is 60.7 Å². The predicted octanol–water partition coefficient (Wildman–Crippen LogP) is 3.97. The summed E-state index contributed by atoms with van der Waals surface area (Å²) >= 11 is 0. The lowest BCUT2D eigenvalue weighted by atomic mass is 10.1. The Hall–Kier alpha value is -2.09. The number of ether oxygens (including phenoxy) is 1. The van der Waals surface area contributed by atoms with Crippen LogP contribution < -0.4 is 0 Å². The Morgan fingerprint density at radius 2 is 1.44 bits per heavy atom. The highest BCUT2D eigenvalue weighted by atomic mass is 16.5. The second kappa shape index (κ2) is 7.28. The molecule has 0 amide bonds. The molecule has 0 fully saturated rings. The van der Waals surface area contributed by atoms with Gasteiger partial charge in [-0.15, -0.1) is 0 Å². The van der Waals surface area contributed by atoms with Crippen LogP contribution in [0.5, 0.6) is 0 Å². The predicted molar refractivity (Wildman–Crippen MR) is 75.4 cm³/mol. The van der Waals surface area contributed by atoms with Gasteiger partial charge in [-0.25, -0.2) is 4.79 Å². The molecule has 0 atom stereocenters. The van der Waals surface area contributed by atoms with E-state index < -0.39 is 0 Å². The number of benzene rings is 2. The van der Waals surface area contributed by atoms with Crippen LogP contribution in [-0.4, -0.2) is 12.6 Å². The van der Waals surface area contributed by atoms with Crippen molar-refractivity contribution in [3.8, 4) is 0 Å². The van der Waals surface area contributed by atoms with Gasteiger partial charge in [0.15, 0.2) is 0 Å². The molecule has 0 saturated heterocycles. The number of esters is 1. The summed E-state index contributed by atoms with van der Waals surface area (Å²) in [6, 6.07) is 16.7. The first kappa shape index (κ1) is 14.0. The van der Waals surface area contributed by atoms with Crippen LogP contribution in [0.3, 0.4) is 0 Å². The molecule has 0 spiro atoms. The van der Waals surface area contributed by atoms with Crippen LogP contribution in [0.2, 0.25) is 0 Å². The summed E-state index contributed by atoms with van der Waals surface area (Å²) in [5, 5.41) is 2.62. The normalized spacial score (nSPS) is 9.22. The van der Waals surface area contributed by atoms with Crippen molar-refractivity contribution < 1.29 is 9.53 Å². The fourth-order valence-electron chi connectivity index (χ4n) is 1.39. The van der Waals surface area contributed by atoms with Crippen LogP contribution in [0, 0.1) is 0 Å². The molecule has 2 nitrogen and oxygen atoms in total. The molecule has 2 rings (SSSR count). The van der Waals surface area contributed by atoms with E-state index in [4.69, 9.17) is 0 Å². The molecule has 0 radical (unpaired) electrons. The Bertz CT molecular complexity index is 464. The van der Waals surface area contributed by atoms with E-state index >= 15 is 0 Å². The molecule has 0 aliphatic rings. The summed E-state index contributed by atoms with van der Waals surface area (Å²) in [4.78, 5) is 10.4. The van der Waals surface area contributed by atoms with E-state index in [1.165, 1.54) is 10.8 Å². The van der Waals surface area contributed by atoms with E-state index in [1.807, 2.05) is 0 Å². The minimum absolute atomic E-state index is 0.312. The molecule has 0 saturated carbocycles. The zero-order valence-corrected chi connectivity index (χ0v) is 10.8. The molecule has 94 valence electrons. The number of rotatable bonds is 2. The van der Waals surface area contributed by atoms with E-state index in [2.05, 4.69) is 59.8 Å². The second-order valence-corrected chi connectivity index (χ2v) is 3.85.